The Morgan fingerprint density at radius 3 is 2.77 bits per heavy atom. The SMILES string of the molecule is Cn1cnc(S(=O)(=O)N2C[C@H](O)COC[C@H]3O[C@@H](CC(=O)NC4CCC4)CC[C@@H]32)c1. The molecule has 168 valence electrons. The topological polar surface area (TPSA) is 123 Å². The summed E-state index contributed by atoms with van der Waals surface area (Å²) in [6.07, 6.45) is 5.70. The van der Waals surface area contributed by atoms with Crippen LogP contribution in [0.25, 0.3) is 0 Å². The zero-order chi connectivity index (χ0) is 21.3. The zero-order valence-corrected chi connectivity index (χ0v) is 18.0. The maximum atomic E-state index is 13.3. The highest BCUT2D eigenvalue weighted by atomic mass is 32.2. The van der Waals surface area contributed by atoms with Crippen LogP contribution in [0.4, 0.5) is 0 Å². The summed E-state index contributed by atoms with van der Waals surface area (Å²) < 4.78 is 41.1. The second kappa shape index (κ2) is 8.91. The quantitative estimate of drug-likeness (QED) is 0.646. The highest BCUT2D eigenvalue weighted by Crippen LogP contribution is 2.31. The molecule has 30 heavy (non-hydrogen) atoms. The van der Waals surface area contributed by atoms with Gasteiger partial charge in [-0.1, -0.05) is 0 Å². The number of sulfonamides is 1. The third-order valence-corrected chi connectivity index (χ3v) is 7.85. The molecule has 4 rings (SSSR count). The molecule has 0 unspecified atom stereocenters. The van der Waals surface area contributed by atoms with Crippen molar-refractivity contribution >= 4 is 15.9 Å². The van der Waals surface area contributed by atoms with E-state index < -0.39 is 28.3 Å². The van der Waals surface area contributed by atoms with Gasteiger partial charge in [-0.15, -0.1) is 0 Å². The van der Waals surface area contributed by atoms with Crippen LogP contribution in [0, 0.1) is 0 Å². The number of amides is 1. The van der Waals surface area contributed by atoms with E-state index in [1.165, 1.54) is 16.8 Å². The van der Waals surface area contributed by atoms with E-state index in [2.05, 4.69) is 10.3 Å². The second-order valence-electron chi connectivity index (χ2n) is 8.48. The number of carbonyl (C=O) groups excluding carboxylic acids is 1. The molecule has 1 aliphatic carbocycles. The summed E-state index contributed by atoms with van der Waals surface area (Å²) in [7, 11) is -2.21. The number of carbonyl (C=O) groups is 1. The molecule has 2 aliphatic heterocycles. The predicted molar refractivity (Wildman–Crippen MR) is 106 cm³/mol. The first-order valence-electron chi connectivity index (χ1n) is 10.5. The fourth-order valence-corrected chi connectivity index (χ4v) is 5.95. The molecule has 3 aliphatic rings. The molecular formula is C19H30N4O6S. The molecule has 4 atom stereocenters. The van der Waals surface area contributed by atoms with Gasteiger partial charge in [0.25, 0.3) is 10.0 Å². The van der Waals surface area contributed by atoms with Gasteiger partial charge in [-0.25, -0.2) is 13.4 Å². The van der Waals surface area contributed by atoms with E-state index in [0.29, 0.717) is 12.8 Å². The highest BCUT2D eigenvalue weighted by Gasteiger charge is 2.44. The number of hydrogen-bond acceptors (Lipinski definition) is 7. The minimum absolute atomic E-state index is 0.0215. The van der Waals surface area contributed by atoms with Gasteiger partial charge >= 0.3 is 0 Å². The van der Waals surface area contributed by atoms with Gasteiger partial charge < -0.3 is 24.5 Å². The van der Waals surface area contributed by atoms with E-state index in [9.17, 15) is 18.3 Å². The molecule has 0 radical (unpaired) electrons. The first kappa shape index (κ1) is 21.7. The Labute approximate surface area is 176 Å². The van der Waals surface area contributed by atoms with Gasteiger partial charge in [0.2, 0.25) is 5.91 Å². The van der Waals surface area contributed by atoms with Crippen molar-refractivity contribution < 1.29 is 27.8 Å². The second-order valence-corrected chi connectivity index (χ2v) is 10.3. The average Bonchev–Trinajstić information content (AvgIpc) is 3.09. The molecular weight excluding hydrogens is 412 g/mol. The Hall–Kier alpha value is -1.53. The molecule has 1 amide bonds. The summed E-state index contributed by atoms with van der Waals surface area (Å²) in [5.41, 5.74) is 0. The van der Waals surface area contributed by atoms with Crippen molar-refractivity contribution in [2.75, 3.05) is 19.8 Å². The van der Waals surface area contributed by atoms with Crippen LogP contribution in [0.5, 0.6) is 0 Å². The molecule has 10 nitrogen and oxygen atoms in total. The Balaban J connectivity index is 1.47. The Kier molecular flexibility index (Phi) is 6.44. The molecule has 1 aromatic rings. The standard InChI is InChI=1S/C19H30N4O6S/c1-22-9-19(20-12-22)30(26,27)23-8-14(24)10-28-11-17-16(23)6-5-15(29-17)7-18(25)21-13-3-2-4-13/h9,12-17,24H,2-8,10-11H2,1H3,(H,21,25)/t14-,15+,16-,17+/m0/s1. The monoisotopic (exact) mass is 442 g/mol. The van der Waals surface area contributed by atoms with E-state index in [0.717, 1.165) is 19.3 Å². The van der Waals surface area contributed by atoms with Crippen LogP contribution in [-0.2, 0) is 31.3 Å². The number of nitrogens with zero attached hydrogens (tertiary/aromatic N) is 3. The normalized spacial score (nSPS) is 31.3. The lowest BCUT2D eigenvalue weighted by molar-refractivity contribution is -0.147. The van der Waals surface area contributed by atoms with Crippen molar-refractivity contribution in [2.45, 2.75) is 73.9 Å². The number of aromatic nitrogens is 2. The van der Waals surface area contributed by atoms with E-state index in [-0.39, 0.29) is 49.3 Å². The van der Waals surface area contributed by atoms with E-state index >= 15 is 0 Å². The van der Waals surface area contributed by atoms with Crippen molar-refractivity contribution in [3.05, 3.63) is 12.5 Å². The third-order valence-electron chi connectivity index (χ3n) is 6.07. The molecule has 0 bridgehead atoms. The Morgan fingerprint density at radius 1 is 1.30 bits per heavy atom. The lowest BCUT2D eigenvalue weighted by Gasteiger charge is -2.43. The van der Waals surface area contributed by atoms with Gasteiger partial charge in [-0.3, -0.25) is 4.79 Å². The van der Waals surface area contributed by atoms with E-state index in [4.69, 9.17) is 9.47 Å². The minimum atomic E-state index is -3.91. The lowest BCUT2D eigenvalue weighted by atomic mass is 9.92. The lowest BCUT2D eigenvalue weighted by Crippen LogP contribution is -2.57. The van der Waals surface area contributed by atoms with Crippen LogP contribution >= 0.6 is 0 Å². The number of aryl methyl sites for hydroxylation is 1. The van der Waals surface area contributed by atoms with Crippen molar-refractivity contribution in [3.63, 3.8) is 0 Å². The third kappa shape index (κ3) is 4.70. The maximum absolute atomic E-state index is 13.3. The molecule has 11 heteroatoms. The number of fused-ring (bicyclic) bond motifs is 1. The van der Waals surface area contributed by atoms with Crippen LogP contribution in [0.15, 0.2) is 17.6 Å². The van der Waals surface area contributed by atoms with Crippen LogP contribution in [0.3, 0.4) is 0 Å². The van der Waals surface area contributed by atoms with Crippen molar-refractivity contribution in [1.82, 2.24) is 19.2 Å². The van der Waals surface area contributed by atoms with Gasteiger partial charge in [0.15, 0.2) is 5.03 Å². The number of aliphatic hydroxyl groups excluding tert-OH is 1. The summed E-state index contributed by atoms with van der Waals surface area (Å²) >= 11 is 0. The summed E-state index contributed by atoms with van der Waals surface area (Å²) in [6.45, 7) is 0.0978. The molecule has 1 saturated carbocycles. The highest BCUT2D eigenvalue weighted by molar-refractivity contribution is 7.89. The van der Waals surface area contributed by atoms with Crippen LogP contribution in [0.1, 0.15) is 38.5 Å². The van der Waals surface area contributed by atoms with Gasteiger partial charge in [0.05, 0.1) is 50.3 Å². The smallest absolute Gasteiger partial charge is 0.262 e. The molecule has 0 spiro atoms. The predicted octanol–water partition coefficient (Wildman–Crippen LogP) is -0.223. The Bertz CT molecular complexity index is 855. The maximum Gasteiger partial charge on any atom is 0.262 e. The van der Waals surface area contributed by atoms with Crippen molar-refractivity contribution in [1.29, 1.82) is 0 Å². The largest absolute Gasteiger partial charge is 0.389 e. The number of rotatable bonds is 5. The first-order valence-corrected chi connectivity index (χ1v) is 12.0. The van der Waals surface area contributed by atoms with Crippen LogP contribution < -0.4 is 5.32 Å². The summed E-state index contributed by atoms with van der Waals surface area (Å²) in [5, 5.41) is 13.2. The van der Waals surface area contributed by atoms with Gasteiger partial charge in [-0.05, 0) is 32.1 Å². The first-order chi connectivity index (χ1) is 14.3. The molecule has 1 aromatic heterocycles. The summed E-state index contributed by atoms with van der Waals surface area (Å²) in [4.78, 5) is 16.3. The molecule has 3 heterocycles. The molecule has 0 aromatic carbocycles. The number of hydrogen-bond donors (Lipinski definition) is 2. The number of nitrogens with one attached hydrogen (secondary N) is 1. The van der Waals surface area contributed by atoms with Gasteiger partial charge in [0.1, 0.15) is 0 Å². The number of ether oxygens (including phenoxy) is 2. The Morgan fingerprint density at radius 2 is 2.10 bits per heavy atom. The molecule has 2 N–H and O–H groups in total. The number of aliphatic hydroxyl groups is 1. The number of imidazole rings is 1. The van der Waals surface area contributed by atoms with Crippen molar-refractivity contribution in [2.24, 2.45) is 7.05 Å². The number of β-amino-alcohol motifs (C(OH)–C–C–N with tert-alkyl or cyclic N) is 1. The van der Waals surface area contributed by atoms with E-state index in [1.54, 1.807) is 11.6 Å². The molecule has 3 fully saturated rings. The van der Waals surface area contributed by atoms with Crippen LogP contribution in [0.2, 0.25) is 0 Å². The average molecular weight is 443 g/mol. The summed E-state index contributed by atoms with van der Waals surface area (Å²) in [5.74, 6) is -0.0247. The zero-order valence-electron chi connectivity index (χ0n) is 17.1. The molecule has 2 saturated heterocycles. The van der Waals surface area contributed by atoms with Crippen molar-refractivity contribution in [3.8, 4) is 0 Å². The van der Waals surface area contributed by atoms with Gasteiger partial charge in [0, 0.05) is 25.8 Å². The fraction of sp³-hybridized carbons (Fsp3) is 0.789. The minimum Gasteiger partial charge on any atom is -0.389 e. The van der Waals surface area contributed by atoms with E-state index in [1.807, 2.05) is 0 Å². The van der Waals surface area contributed by atoms with Crippen LogP contribution in [-0.4, -0.2) is 83.4 Å². The fourth-order valence-electron chi connectivity index (χ4n) is 4.26. The summed E-state index contributed by atoms with van der Waals surface area (Å²) in [6, 6.07) is -0.211. The van der Waals surface area contributed by atoms with Gasteiger partial charge in [-0.2, -0.15) is 4.31 Å².